The van der Waals surface area contributed by atoms with Crippen LogP contribution in [-0.2, 0) is 16.2 Å². The van der Waals surface area contributed by atoms with E-state index < -0.39 is 6.04 Å². The Morgan fingerprint density at radius 2 is 1.85 bits per heavy atom. The molecular formula is C26H21ClN2O3S2. The number of rotatable bonds is 7. The summed E-state index contributed by atoms with van der Waals surface area (Å²) in [6.07, 6.45) is 1.76. The van der Waals surface area contributed by atoms with E-state index in [4.69, 9.17) is 28.6 Å². The van der Waals surface area contributed by atoms with E-state index in [2.05, 4.69) is 5.32 Å². The summed E-state index contributed by atoms with van der Waals surface area (Å²) in [7, 11) is 0. The normalized spacial score (nSPS) is 15.5. The van der Waals surface area contributed by atoms with E-state index >= 15 is 0 Å². The van der Waals surface area contributed by atoms with E-state index in [1.54, 1.807) is 37.3 Å². The molecule has 172 valence electrons. The third-order valence-electron chi connectivity index (χ3n) is 5.11. The van der Waals surface area contributed by atoms with Crippen molar-refractivity contribution in [2.45, 2.75) is 19.6 Å². The highest BCUT2D eigenvalue weighted by Crippen LogP contribution is 2.34. The lowest BCUT2D eigenvalue weighted by molar-refractivity contribution is -0.129. The summed E-state index contributed by atoms with van der Waals surface area (Å²) in [5.74, 6) is 0.0596. The lowest BCUT2D eigenvalue weighted by atomic mass is 10.2. The number of benzene rings is 3. The van der Waals surface area contributed by atoms with E-state index in [1.807, 2.05) is 54.6 Å². The Bertz CT molecular complexity index is 1250. The van der Waals surface area contributed by atoms with Crippen LogP contribution < -0.4 is 10.1 Å². The maximum atomic E-state index is 13.1. The van der Waals surface area contributed by atoms with E-state index in [0.717, 1.165) is 11.1 Å². The van der Waals surface area contributed by atoms with E-state index in [-0.39, 0.29) is 11.8 Å². The molecule has 0 aliphatic carbocycles. The van der Waals surface area contributed by atoms with Crippen molar-refractivity contribution >= 4 is 63.5 Å². The van der Waals surface area contributed by atoms with Gasteiger partial charge in [-0.05, 0) is 60.5 Å². The number of thioether (sulfide) groups is 1. The number of amides is 2. The first-order valence-corrected chi connectivity index (χ1v) is 12.1. The third kappa shape index (κ3) is 5.86. The Morgan fingerprint density at radius 3 is 2.59 bits per heavy atom. The van der Waals surface area contributed by atoms with Crippen LogP contribution in [0, 0.1) is 0 Å². The van der Waals surface area contributed by atoms with Crippen LogP contribution in [0.5, 0.6) is 5.75 Å². The number of ether oxygens (including phenoxy) is 1. The van der Waals surface area contributed by atoms with Gasteiger partial charge in [-0.2, -0.15) is 0 Å². The molecule has 1 aliphatic rings. The van der Waals surface area contributed by atoms with Gasteiger partial charge in [0.25, 0.3) is 5.91 Å². The number of halogens is 1. The lowest BCUT2D eigenvalue weighted by Crippen LogP contribution is -2.44. The molecule has 3 aromatic carbocycles. The summed E-state index contributed by atoms with van der Waals surface area (Å²) >= 11 is 12.5. The predicted molar refractivity (Wildman–Crippen MR) is 142 cm³/mol. The first-order valence-electron chi connectivity index (χ1n) is 10.5. The maximum absolute atomic E-state index is 13.1. The minimum atomic E-state index is -0.769. The Balaban J connectivity index is 1.44. The van der Waals surface area contributed by atoms with Crippen LogP contribution in [0.15, 0.2) is 83.8 Å². The van der Waals surface area contributed by atoms with Crippen molar-refractivity contribution in [3.8, 4) is 5.75 Å². The fraction of sp³-hybridized carbons (Fsp3) is 0.115. The van der Waals surface area contributed by atoms with Crippen molar-refractivity contribution in [3.63, 3.8) is 0 Å². The van der Waals surface area contributed by atoms with Crippen molar-refractivity contribution in [1.29, 1.82) is 0 Å². The molecule has 0 bridgehead atoms. The molecule has 1 heterocycles. The van der Waals surface area contributed by atoms with Crippen molar-refractivity contribution < 1.29 is 14.3 Å². The third-order valence-corrected chi connectivity index (χ3v) is 6.69. The van der Waals surface area contributed by atoms with Gasteiger partial charge in [0, 0.05) is 10.7 Å². The number of carbonyl (C=O) groups is 2. The van der Waals surface area contributed by atoms with E-state index in [9.17, 15) is 9.59 Å². The van der Waals surface area contributed by atoms with Gasteiger partial charge in [0.2, 0.25) is 5.91 Å². The Kier molecular flexibility index (Phi) is 7.67. The van der Waals surface area contributed by atoms with Crippen LogP contribution in [0.25, 0.3) is 6.08 Å². The smallest absolute Gasteiger partial charge is 0.266 e. The molecule has 1 saturated heterocycles. The first kappa shape index (κ1) is 24.0. The second kappa shape index (κ2) is 10.9. The molecule has 0 aromatic heterocycles. The predicted octanol–water partition coefficient (Wildman–Crippen LogP) is 6.15. The molecule has 1 aliphatic heterocycles. The Hall–Kier alpha value is -3.13. The van der Waals surface area contributed by atoms with Gasteiger partial charge in [-0.25, -0.2) is 0 Å². The number of hydrogen-bond donors (Lipinski definition) is 1. The van der Waals surface area contributed by atoms with Gasteiger partial charge >= 0.3 is 0 Å². The Morgan fingerprint density at radius 1 is 1.12 bits per heavy atom. The quantitative estimate of drug-likeness (QED) is 0.306. The largest absolute Gasteiger partial charge is 0.489 e. The number of thiocarbonyl (C=S) groups is 1. The monoisotopic (exact) mass is 508 g/mol. The molecule has 1 unspecified atom stereocenters. The van der Waals surface area contributed by atoms with Crippen molar-refractivity contribution in [2.75, 3.05) is 5.32 Å². The highest BCUT2D eigenvalue weighted by atomic mass is 35.5. The van der Waals surface area contributed by atoms with Gasteiger partial charge in [0.05, 0.1) is 4.91 Å². The number of carbonyl (C=O) groups excluding carboxylic acids is 2. The highest BCUT2D eigenvalue weighted by molar-refractivity contribution is 8.26. The van der Waals surface area contributed by atoms with Crippen LogP contribution in [0.2, 0.25) is 5.02 Å². The number of nitrogens with one attached hydrogen (secondary N) is 1. The van der Waals surface area contributed by atoms with Crippen LogP contribution >= 0.6 is 35.6 Å². The SMILES string of the molecule is CC(C(=O)Nc1ccc(Cl)cc1)N1C(=O)/C(=C/c2cccc(OCc3ccccc3)c2)SC1=S. The average molecular weight is 509 g/mol. The Labute approximate surface area is 212 Å². The zero-order valence-electron chi connectivity index (χ0n) is 18.2. The molecule has 0 radical (unpaired) electrons. The summed E-state index contributed by atoms with van der Waals surface area (Å²) < 4.78 is 6.22. The lowest BCUT2D eigenvalue weighted by Gasteiger charge is -2.22. The first-order chi connectivity index (χ1) is 16.4. The summed E-state index contributed by atoms with van der Waals surface area (Å²) in [5.41, 5.74) is 2.47. The summed E-state index contributed by atoms with van der Waals surface area (Å²) in [4.78, 5) is 27.6. The molecule has 5 nitrogen and oxygen atoms in total. The van der Waals surface area contributed by atoms with Crippen molar-refractivity contribution in [1.82, 2.24) is 4.90 Å². The zero-order chi connectivity index (χ0) is 24.1. The van der Waals surface area contributed by atoms with E-state index in [1.165, 1.54) is 16.7 Å². The molecular weight excluding hydrogens is 488 g/mol. The van der Waals surface area contributed by atoms with Gasteiger partial charge in [-0.1, -0.05) is 78.0 Å². The zero-order valence-corrected chi connectivity index (χ0v) is 20.6. The fourth-order valence-electron chi connectivity index (χ4n) is 3.30. The molecule has 34 heavy (non-hydrogen) atoms. The minimum Gasteiger partial charge on any atom is -0.489 e. The molecule has 3 aromatic rings. The molecule has 0 spiro atoms. The highest BCUT2D eigenvalue weighted by Gasteiger charge is 2.38. The standard InChI is InChI=1S/C26H21ClN2O3S2/c1-17(24(30)28-21-12-10-20(27)11-13-21)29-25(31)23(34-26(29)33)15-19-8-5-9-22(14-19)32-16-18-6-3-2-4-7-18/h2-15,17H,16H2,1H3,(H,28,30)/b23-15-. The molecule has 0 saturated carbocycles. The molecule has 1 atom stereocenters. The summed E-state index contributed by atoms with van der Waals surface area (Å²) in [6, 6.07) is 23.4. The van der Waals surface area contributed by atoms with Crippen molar-refractivity contribution in [2.24, 2.45) is 0 Å². The van der Waals surface area contributed by atoms with Gasteiger partial charge in [-0.15, -0.1) is 0 Å². The van der Waals surface area contributed by atoms with Gasteiger partial charge < -0.3 is 10.1 Å². The molecule has 8 heteroatoms. The van der Waals surface area contributed by atoms with Crippen LogP contribution in [0.3, 0.4) is 0 Å². The van der Waals surface area contributed by atoms with Crippen LogP contribution in [0.4, 0.5) is 5.69 Å². The molecule has 2 amide bonds. The van der Waals surface area contributed by atoms with Gasteiger partial charge in [0.15, 0.2) is 0 Å². The average Bonchev–Trinajstić information content (AvgIpc) is 3.12. The van der Waals surface area contributed by atoms with Crippen LogP contribution in [-0.4, -0.2) is 27.1 Å². The summed E-state index contributed by atoms with van der Waals surface area (Å²) in [5, 5.41) is 3.36. The van der Waals surface area contributed by atoms with Crippen molar-refractivity contribution in [3.05, 3.63) is 99.9 Å². The maximum Gasteiger partial charge on any atom is 0.266 e. The van der Waals surface area contributed by atoms with E-state index in [0.29, 0.717) is 32.3 Å². The topological polar surface area (TPSA) is 58.6 Å². The second-order valence-electron chi connectivity index (χ2n) is 7.57. The molecule has 1 fully saturated rings. The minimum absolute atomic E-state index is 0.302. The number of nitrogens with zero attached hydrogens (tertiary/aromatic N) is 1. The summed E-state index contributed by atoms with van der Waals surface area (Å²) in [6.45, 7) is 2.10. The fourth-order valence-corrected chi connectivity index (χ4v) is 4.84. The van der Waals surface area contributed by atoms with Gasteiger partial charge in [-0.3, -0.25) is 14.5 Å². The molecule has 4 rings (SSSR count). The molecule has 1 N–H and O–H groups in total. The van der Waals surface area contributed by atoms with Crippen LogP contribution in [0.1, 0.15) is 18.1 Å². The van der Waals surface area contributed by atoms with Gasteiger partial charge in [0.1, 0.15) is 22.7 Å². The number of hydrogen-bond acceptors (Lipinski definition) is 5. The second-order valence-corrected chi connectivity index (χ2v) is 9.68. The number of anilines is 1.